The molecule has 9 heteroatoms. The predicted octanol–water partition coefficient (Wildman–Crippen LogP) is 0.852. The summed E-state index contributed by atoms with van der Waals surface area (Å²) in [6, 6.07) is 1.02. The number of hydrogen-bond donors (Lipinski definition) is 2. The van der Waals surface area contributed by atoms with E-state index in [1.54, 1.807) is 0 Å². The lowest BCUT2D eigenvalue weighted by Gasteiger charge is -2.04. The molecule has 0 aliphatic rings. The lowest BCUT2D eigenvalue weighted by atomic mass is 10.4. The first-order valence-electron chi connectivity index (χ1n) is 4.62. The molecule has 1 rings (SSSR count). The topological polar surface area (TPSA) is 110 Å². The van der Waals surface area contributed by atoms with Crippen LogP contribution >= 0.6 is 11.3 Å². The molecule has 0 aliphatic carbocycles. The van der Waals surface area contributed by atoms with Crippen molar-refractivity contribution in [1.82, 2.24) is 0 Å². The van der Waals surface area contributed by atoms with E-state index in [0.717, 1.165) is 23.7 Å². The highest BCUT2D eigenvalue weighted by molar-refractivity contribution is 7.92. The smallest absolute Gasteiger partial charge is 0.304 e. The van der Waals surface area contributed by atoms with Gasteiger partial charge in [0.1, 0.15) is 4.21 Å². The van der Waals surface area contributed by atoms with Gasteiger partial charge in [-0.2, -0.15) is 0 Å². The molecule has 0 saturated carbocycles. The third-order valence-electron chi connectivity index (χ3n) is 1.81. The van der Waals surface area contributed by atoms with Crippen LogP contribution in [0.3, 0.4) is 0 Å². The number of nitrogens with one attached hydrogen (secondary N) is 1. The van der Waals surface area contributed by atoms with E-state index in [1.165, 1.54) is 6.92 Å². The molecule has 0 aliphatic heterocycles. The minimum absolute atomic E-state index is 0.0720. The van der Waals surface area contributed by atoms with E-state index in [0.29, 0.717) is 0 Å². The van der Waals surface area contributed by atoms with E-state index >= 15 is 0 Å². The molecule has 1 atom stereocenters. The van der Waals surface area contributed by atoms with Crippen LogP contribution in [0.2, 0.25) is 0 Å². The molecule has 0 spiro atoms. The van der Waals surface area contributed by atoms with Crippen molar-refractivity contribution in [2.75, 3.05) is 18.1 Å². The zero-order valence-electron chi connectivity index (χ0n) is 9.21. The Kier molecular flexibility index (Phi) is 4.07. The molecule has 1 aromatic heterocycles. The molecule has 0 saturated heterocycles. The van der Waals surface area contributed by atoms with Crippen molar-refractivity contribution in [1.29, 1.82) is 0 Å². The fraction of sp³-hybridized carbons (Fsp3) is 0.500. The molecule has 1 aromatic rings. The SMILES string of the molecule is CC(O)CNc1sc(S(C)(=O)=O)cc1[N+](=O)[O-]. The molecule has 7 nitrogen and oxygen atoms in total. The van der Waals surface area contributed by atoms with Crippen LogP contribution < -0.4 is 5.32 Å². The summed E-state index contributed by atoms with van der Waals surface area (Å²) < 4.78 is 22.5. The van der Waals surface area contributed by atoms with Crippen LogP contribution in [0.5, 0.6) is 0 Å². The summed E-state index contributed by atoms with van der Waals surface area (Å²) in [4.78, 5) is 10.1. The lowest BCUT2D eigenvalue weighted by molar-refractivity contribution is -0.383. The summed E-state index contributed by atoms with van der Waals surface area (Å²) in [6.45, 7) is 1.63. The Labute approximate surface area is 102 Å². The van der Waals surface area contributed by atoms with Gasteiger partial charge in [0.15, 0.2) is 14.8 Å². The fourth-order valence-electron chi connectivity index (χ4n) is 1.04. The van der Waals surface area contributed by atoms with Crippen molar-refractivity contribution in [3.63, 3.8) is 0 Å². The number of aliphatic hydroxyl groups is 1. The molecule has 1 unspecified atom stereocenters. The number of anilines is 1. The number of rotatable bonds is 5. The maximum atomic E-state index is 11.3. The van der Waals surface area contributed by atoms with Crippen LogP contribution in [0.15, 0.2) is 10.3 Å². The average Bonchev–Trinajstić information content (AvgIpc) is 2.57. The predicted molar refractivity (Wildman–Crippen MR) is 64.3 cm³/mol. The van der Waals surface area contributed by atoms with Crippen LogP contribution in [0.4, 0.5) is 10.7 Å². The van der Waals surface area contributed by atoms with Crippen molar-refractivity contribution < 1.29 is 18.4 Å². The second-order valence-electron chi connectivity index (χ2n) is 3.54. The van der Waals surface area contributed by atoms with Crippen molar-refractivity contribution in [3.8, 4) is 0 Å². The minimum atomic E-state index is -3.46. The summed E-state index contributed by atoms with van der Waals surface area (Å²) >= 11 is 0.785. The zero-order chi connectivity index (χ0) is 13.2. The number of thiophene rings is 1. The number of hydrogen-bond acceptors (Lipinski definition) is 7. The summed E-state index contributed by atoms with van der Waals surface area (Å²) in [5.41, 5.74) is -0.295. The van der Waals surface area contributed by atoms with Gasteiger partial charge in [0, 0.05) is 18.9 Å². The Balaban J connectivity index is 3.10. The number of aliphatic hydroxyl groups excluding tert-OH is 1. The molecule has 96 valence electrons. The third kappa shape index (κ3) is 3.65. The van der Waals surface area contributed by atoms with Gasteiger partial charge < -0.3 is 10.4 Å². The molecular weight excluding hydrogens is 268 g/mol. The van der Waals surface area contributed by atoms with E-state index in [2.05, 4.69) is 5.32 Å². The second-order valence-corrected chi connectivity index (χ2v) is 6.83. The Morgan fingerprint density at radius 2 is 2.24 bits per heavy atom. The second kappa shape index (κ2) is 4.98. The van der Waals surface area contributed by atoms with Gasteiger partial charge in [-0.1, -0.05) is 11.3 Å². The Morgan fingerprint density at radius 3 is 2.65 bits per heavy atom. The van der Waals surface area contributed by atoms with Gasteiger partial charge in [-0.15, -0.1) is 0 Å². The van der Waals surface area contributed by atoms with E-state index in [1.807, 2.05) is 0 Å². The Hall–Kier alpha value is -1.19. The normalized spacial score (nSPS) is 13.4. The van der Waals surface area contributed by atoms with E-state index < -0.39 is 20.9 Å². The monoisotopic (exact) mass is 280 g/mol. The quantitative estimate of drug-likeness (QED) is 0.611. The molecule has 0 amide bonds. The summed E-state index contributed by atoms with van der Waals surface area (Å²) in [7, 11) is -3.46. The maximum Gasteiger partial charge on any atom is 0.304 e. The molecule has 0 bridgehead atoms. The maximum absolute atomic E-state index is 11.3. The summed E-state index contributed by atoms with van der Waals surface area (Å²) in [5, 5.41) is 22.6. The first-order valence-corrected chi connectivity index (χ1v) is 7.33. The molecular formula is C8H12N2O5S2. The van der Waals surface area contributed by atoms with Crippen LogP contribution in [-0.4, -0.2) is 37.4 Å². The van der Waals surface area contributed by atoms with Crippen LogP contribution in [0, 0.1) is 10.1 Å². The van der Waals surface area contributed by atoms with Crippen molar-refractivity contribution >= 4 is 31.9 Å². The van der Waals surface area contributed by atoms with Crippen LogP contribution in [-0.2, 0) is 9.84 Å². The standard InChI is InChI=1S/C8H12N2O5S2/c1-5(11)4-9-8-6(10(12)13)3-7(16-8)17(2,14)15/h3,5,9,11H,4H2,1-2H3. The first kappa shape index (κ1) is 13.9. The van der Waals surface area contributed by atoms with Crippen LogP contribution in [0.25, 0.3) is 0 Å². The third-order valence-corrected chi connectivity index (χ3v) is 4.69. The number of nitro groups is 1. The van der Waals surface area contributed by atoms with E-state index in [4.69, 9.17) is 5.11 Å². The number of nitrogens with zero attached hydrogens (tertiary/aromatic N) is 1. The van der Waals surface area contributed by atoms with Gasteiger partial charge in [0.2, 0.25) is 0 Å². The first-order chi connectivity index (χ1) is 7.71. The molecule has 2 N–H and O–H groups in total. The highest BCUT2D eigenvalue weighted by Crippen LogP contribution is 2.36. The highest BCUT2D eigenvalue weighted by atomic mass is 32.2. The van der Waals surface area contributed by atoms with Crippen molar-refractivity contribution in [2.24, 2.45) is 0 Å². The van der Waals surface area contributed by atoms with Gasteiger partial charge in [0.25, 0.3) is 0 Å². The fourth-order valence-corrected chi connectivity index (χ4v) is 2.99. The molecule has 0 aromatic carbocycles. The Bertz CT molecular complexity index is 520. The zero-order valence-corrected chi connectivity index (χ0v) is 10.8. The average molecular weight is 280 g/mol. The van der Waals surface area contributed by atoms with Crippen LogP contribution in [0.1, 0.15) is 6.92 Å². The molecule has 17 heavy (non-hydrogen) atoms. The molecule has 0 radical (unpaired) electrons. The van der Waals surface area contributed by atoms with Gasteiger partial charge in [-0.05, 0) is 6.92 Å². The van der Waals surface area contributed by atoms with Gasteiger partial charge in [-0.25, -0.2) is 8.42 Å². The van der Waals surface area contributed by atoms with E-state index in [-0.39, 0.29) is 21.4 Å². The van der Waals surface area contributed by atoms with E-state index in [9.17, 15) is 18.5 Å². The van der Waals surface area contributed by atoms with Gasteiger partial charge >= 0.3 is 5.69 Å². The Morgan fingerprint density at radius 1 is 1.65 bits per heavy atom. The lowest BCUT2D eigenvalue weighted by Crippen LogP contribution is -2.15. The molecule has 0 fully saturated rings. The van der Waals surface area contributed by atoms with Gasteiger partial charge in [-0.3, -0.25) is 10.1 Å². The summed E-state index contributed by atoms with van der Waals surface area (Å²) in [6.07, 6.45) is 0.305. The van der Waals surface area contributed by atoms with Crippen molar-refractivity contribution in [3.05, 3.63) is 16.2 Å². The van der Waals surface area contributed by atoms with Gasteiger partial charge in [0.05, 0.1) is 11.0 Å². The number of sulfone groups is 1. The van der Waals surface area contributed by atoms with Crippen molar-refractivity contribution in [2.45, 2.75) is 17.2 Å². The summed E-state index contributed by atoms with van der Waals surface area (Å²) in [5.74, 6) is 0. The highest BCUT2D eigenvalue weighted by Gasteiger charge is 2.23. The largest absolute Gasteiger partial charge is 0.392 e. The minimum Gasteiger partial charge on any atom is -0.392 e. The molecule has 1 heterocycles.